The summed E-state index contributed by atoms with van der Waals surface area (Å²) in [5.41, 5.74) is 6.04. The summed E-state index contributed by atoms with van der Waals surface area (Å²) < 4.78 is 5.41. The zero-order valence-electron chi connectivity index (χ0n) is 6.51. The lowest BCUT2D eigenvalue weighted by atomic mass is 9.85. The Morgan fingerprint density at radius 2 is 2.27 bits per heavy atom. The summed E-state index contributed by atoms with van der Waals surface area (Å²) in [6, 6.07) is 0. The van der Waals surface area contributed by atoms with Gasteiger partial charge in [0, 0.05) is 17.9 Å². The molecule has 0 amide bonds. The van der Waals surface area contributed by atoms with Gasteiger partial charge in [0.25, 0.3) is 0 Å². The van der Waals surface area contributed by atoms with E-state index in [1.54, 1.807) is 0 Å². The maximum atomic E-state index is 5.66. The van der Waals surface area contributed by atoms with E-state index in [0.29, 0.717) is 16.3 Å². The molecule has 62 valence electrons. The minimum atomic E-state index is 0.379. The van der Waals surface area contributed by atoms with Gasteiger partial charge in [-0.3, -0.25) is 0 Å². The van der Waals surface area contributed by atoms with Crippen molar-refractivity contribution in [2.45, 2.75) is 19.3 Å². The normalized spacial score (nSPS) is 33.6. The molecule has 2 nitrogen and oxygen atoms in total. The van der Waals surface area contributed by atoms with Gasteiger partial charge in [-0.2, -0.15) is 0 Å². The lowest BCUT2D eigenvalue weighted by Gasteiger charge is -2.30. The first-order valence-electron chi connectivity index (χ1n) is 4.12. The molecule has 1 aliphatic carbocycles. The average Bonchev–Trinajstić information content (AvgIpc) is 2.70. The molecule has 0 aromatic heterocycles. The maximum Gasteiger partial charge on any atom is 0.0766 e. The number of hydrogen-bond acceptors (Lipinski definition) is 2. The topological polar surface area (TPSA) is 35.2 Å². The van der Waals surface area contributed by atoms with Crippen LogP contribution in [0, 0.1) is 11.3 Å². The standard InChI is InChI=1S/C8H13NOS/c9-7(11)6-1-4-10-5-8(6)2-3-8/h6H,1-5H2,(H2,9,11). The van der Waals surface area contributed by atoms with Crippen LogP contribution in [0.15, 0.2) is 0 Å². The first kappa shape index (κ1) is 7.50. The van der Waals surface area contributed by atoms with E-state index in [0.717, 1.165) is 19.6 Å². The zero-order chi connectivity index (χ0) is 7.90. The Morgan fingerprint density at radius 3 is 2.73 bits per heavy atom. The summed E-state index contributed by atoms with van der Waals surface area (Å²) in [6.07, 6.45) is 3.55. The fraction of sp³-hybridized carbons (Fsp3) is 0.875. The van der Waals surface area contributed by atoms with Crippen LogP contribution in [0.4, 0.5) is 0 Å². The summed E-state index contributed by atoms with van der Waals surface area (Å²) >= 11 is 5.03. The number of nitrogens with two attached hydrogens (primary N) is 1. The van der Waals surface area contributed by atoms with Gasteiger partial charge < -0.3 is 10.5 Å². The molecule has 1 unspecified atom stereocenters. The van der Waals surface area contributed by atoms with E-state index in [-0.39, 0.29) is 0 Å². The van der Waals surface area contributed by atoms with Gasteiger partial charge in [-0.1, -0.05) is 12.2 Å². The van der Waals surface area contributed by atoms with Crippen molar-refractivity contribution >= 4 is 17.2 Å². The van der Waals surface area contributed by atoms with Gasteiger partial charge in [-0.25, -0.2) is 0 Å². The molecule has 0 aromatic rings. The largest absolute Gasteiger partial charge is 0.393 e. The van der Waals surface area contributed by atoms with Crippen LogP contribution in [0.5, 0.6) is 0 Å². The van der Waals surface area contributed by atoms with Crippen molar-refractivity contribution in [2.24, 2.45) is 17.1 Å². The Morgan fingerprint density at radius 1 is 1.55 bits per heavy atom. The smallest absolute Gasteiger partial charge is 0.0766 e. The molecule has 1 saturated heterocycles. The van der Waals surface area contributed by atoms with E-state index >= 15 is 0 Å². The Labute approximate surface area is 72.1 Å². The van der Waals surface area contributed by atoms with Crippen LogP contribution in [0.25, 0.3) is 0 Å². The van der Waals surface area contributed by atoms with Crippen LogP contribution in [0.2, 0.25) is 0 Å². The number of rotatable bonds is 1. The van der Waals surface area contributed by atoms with Crippen molar-refractivity contribution in [2.75, 3.05) is 13.2 Å². The van der Waals surface area contributed by atoms with Crippen LogP contribution >= 0.6 is 12.2 Å². The van der Waals surface area contributed by atoms with Crippen molar-refractivity contribution in [1.82, 2.24) is 0 Å². The van der Waals surface area contributed by atoms with E-state index in [4.69, 9.17) is 22.7 Å². The molecular weight excluding hydrogens is 158 g/mol. The Hall–Kier alpha value is -0.150. The predicted octanol–water partition coefficient (Wildman–Crippen LogP) is 1.09. The molecule has 0 bridgehead atoms. The van der Waals surface area contributed by atoms with E-state index in [1.807, 2.05) is 0 Å². The van der Waals surface area contributed by atoms with E-state index in [2.05, 4.69) is 0 Å². The van der Waals surface area contributed by atoms with Gasteiger partial charge in [-0.15, -0.1) is 0 Å². The number of thiocarbonyl (C=S) groups is 1. The molecule has 0 aromatic carbocycles. The van der Waals surface area contributed by atoms with Gasteiger partial charge in [-0.05, 0) is 19.3 Å². The first-order valence-corrected chi connectivity index (χ1v) is 4.52. The van der Waals surface area contributed by atoms with Gasteiger partial charge in [0.1, 0.15) is 0 Å². The van der Waals surface area contributed by atoms with Gasteiger partial charge in [0.05, 0.1) is 11.6 Å². The Balaban J connectivity index is 2.10. The highest BCUT2D eigenvalue weighted by atomic mass is 32.1. The molecular formula is C8H13NOS. The van der Waals surface area contributed by atoms with Crippen molar-refractivity contribution < 1.29 is 4.74 Å². The SMILES string of the molecule is NC(=S)C1CCOCC12CC2. The van der Waals surface area contributed by atoms with Crippen LogP contribution < -0.4 is 5.73 Å². The molecule has 3 heteroatoms. The van der Waals surface area contributed by atoms with E-state index in [9.17, 15) is 0 Å². The average molecular weight is 171 g/mol. The highest BCUT2D eigenvalue weighted by Gasteiger charge is 2.52. The third-order valence-electron chi connectivity index (χ3n) is 2.92. The van der Waals surface area contributed by atoms with Crippen LogP contribution in [-0.2, 0) is 4.74 Å². The fourth-order valence-corrected chi connectivity index (χ4v) is 2.35. The minimum Gasteiger partial charge on any atom is -0.393 e. The molecule has 1 saturated carbocycles. The summed E-state index contributed by atoms with van der Waals surface area (Å²) in [7, 11) is 0. The van der Waals surface area contributed by atoms with E-state index < -0.39 is 0 Å². The van der Waals surface area contributed by atoms with Crippen molar-refractivity contribution in [3.8, 4) is 0 Å². The predicted molar refractivity (Wildman–Crippen MR) is 47.4 cm³/mol. The number of ether oxygens (including phenoxy) is 1. The second-order valence-corrected chi connectivity index (χ2v) is 4.13. The molecule has 1 heterocycles. The second kappa shape index (κ2) is 2.42. The molecule has 2 N–H and O–H groups in total. The molecule has 2 aliphatic rings. The summed E-state index contributed by atoms with van der Waals surface area (Å²) in [4.78, 5) is 0.700. The molecule has 1 spiro atoms. The van der Waals surface area contributed by atoms with Crippen molar-refractivity contribution in [3.05, 3.63) is 0 Å². The molecule has 2 fully saturated rings. The minimum absolute atomic E-state index is 0.379. The third-order valence-corrected chi connectivity index (χ3v) is 3.20. The molecule has 1 atom stereocenters. The van der Waals surface area contributed by atoms with Gasteiger partial charge in [0.2, 0.25) is 0 Å². The second-order valence-electron chi connectivity index (χ2n) is 3.66. The highest BCUT2D eigenvalue weighted by molar-refractivity contribution is 7.80. The summed E-state index contributed by atoms with van der Waals surface area (Å²) in [6.45, 7) is 1.72. The quantitative estimate of drug-likeness (QED) is 0.600. The first-order chi connectivity index (χ1) is 5.25. The highest BCUT2D eigenvalue weighted by Crippen LogP contribution is 2.55. The molecule has 11 heavy (non-hydrogen) atoms. The van der Waals surface area contributed by atoms with Gasteiger partial charge in [0.15, 0.2) is 0 Å². The van der Waals surface area contributed by atoms with Crippen LogP contribution in [-0.4, -0.2) is 18.2 Å². The van der Waals surface area contributed by atoms with Crippen LogP contribution in [0.3, 0.4) is 0 Å². The third kappa shape index (κ3) is 1.16. The lowest BCUT2D eigenvalue weighted by Crippen LogP contribution is -2.37. The Bertz CT molecular complexity index is 189. The molecule has 1 aliphatic heterocycles. The monoisotopic (exact) mass is 171 g/mol. The van der Waals surface area contributed by atoms with Crippen LogP contribution in [0.1, 0.15) is 19.3 Å². The maximum absolute atomic E-state index is 5.66. The van der Waals surface area contributed by atoms with Crippen molar-refractivity contribution in [3.63, 3.8) is 0 Å². The van der Waals surface area contributed by atoms with Crippen molar-refractivity contribution in [1.29, 1.82) is 0 Å². The fourth-order valence-electron chi connectivity index (χ4n) is 1.98. The van der Waals surface area contributed by atoms with Gasteiger partial charge >= 0.3 is 0 Å². The summed E-state index contributed by atoms with van der Waals surface area (Å²) in [5, 5.41) is 0. The zero-order valence-corrected chi connectivity index (χ0v) is 7.32. The summed E-state index contributed by atoms with van der Waals surface area (Å²) in [5.74, 6) is 0.464. The molecule has 0 radical (unpaired) electrons. The molecule has 2 rings (SSSR count). The Kier molecular flexibility index (Phi) is 1.65. The number of hydrogen-bond donors (Lipinski definition) is 1. The van der Waals surface area contributed by atoms with E-state index in [1.165, 1.54) is 12.8 Å². The lowest BCUT2D eigenvalue weighted by molar-refractivity contribution is 0.0246.